The van der Waals surface area contributed by atoms with Gasteiger partial charge < -0.3 is 15.5 Å². The molecule has 0 aliphatic rings. The number of aliphatic hydroxyl groups excluding tert-OH is 1. The third-order valence-electron chi connectivity index (χ3n) is 2.64. The van der Waals surface area contributed by atoms with Crippen molar-refractivity contribution in [1.29, 1.82) is 0 Å². The van der Waals surface area contributed by atoms with Gasteiger partial charge >= 0.3 is 5.97 Å². The van der Waals surface area contributed by atoms with Crippen molar-refractivity contribution in [2.75, 3.05) is 11.9 Å². The lowest BCUT2D eigenvalue weighted by molar-refractivity contribution is -0.138. The van der Waals surface area contributed by atoms with Gasteiger partial charge in [0.2, 0.25) is 0 Å². The molecule has 3 N–H and O–H groups in total. The van der Waals surface area contributed by atoms with E-state index in [2.05, 4.69) is 15.5 Å². The molecule has 1 unspecified atom stereocenters. The molecule has 2 aromatic rings. The van der Waals surface area contributed by atoms with Gasteiger partial charge in [0.1, 0.15) is 6.04 Å². The van der Waals surface area contributed by atoms with Crippen molar-refractivity contribution in [3.05, 3.63) is 30.0 Å². The van der Waals surface area contributed by atoms with Crippen molar-refractivity contribution in [3.8, 4) is 0 Å². The lowest BCUT2D eigenvalue weighted by Gasteiger charge is -2.16. The summed E-state index contributed by atoms with van der Waals surface area (Å²) in [6, 6.07) is 6.23. The molecule has 0 fully saturated rings. The van der Waals surface area contributed by atoms with Gasteiger partial charge in [0.05, 0.1) is 23.5 Å². The molecular formula is C12H13N3O3. The Morgan fingerprint density at radius 3 is 2.78 bits per heavy atom. The second kappa shape index (κ2) is 4.97. The van der Waals surface area contributed by atoms with Crippen molar-refractivity contribution >= 4 is 22.6 Å². The monoisotopic (exact) mass is 247 g/mol. The first-order chi connectivity index (χ1) is 8.63. The molecule has 1 aromatic carbocycles. The number of aliphatic carboxylic acids is 1. The fourth-order valence-corrected chi connectivity index (χ4v) is 1.69. The lowest BCUT2D eigenvalue weighted by atomic mass is 10.1. The van der Waals surface area contributed by atoms with Crippen molar-refractivity contribution in [2.45, 2.75) is 13.0 Å². The van der Waals surface area contributed by atoms with Crippen LogP contribution in [0.2, 0.25) is 0 Å². The molecule has 1 atom stereocenters. The zero-order valence-corrected chi connectivity index (χ0v) is 9.79. The summed E-state index contributed by atoms with van der Waals surface area (Å²) in [5, 5.41) is 29.5. The van der Waals surface area contributed by atoms with E-state index in [-0.39, 0.29) is 0 Å². The second-order valence-electron chi connectivity index (χ2n) is 3.90. The minimum atomic E-state index is -1.11. The summed E-state index contributed by atoms with van der Waals surface area (Å²) in [5.41, 5.74) is 1.85. The Kier molecular flexibility index (Phi) is 3.38. The summed E-state index contributed by atoms with van der Waals surface area (Å²) < 4.78 is 0. The molecule has 94 valence electrons. The third-order valence-corrected chi connectivity index (χ3v) is 2.64. The number of hydrogen-bond donors (Lipinski definition) is 3. The Hall–Kier alpha value is -2.21. The average molecular weight is 247 g/mol. The van der Waals surface area contributed by atoms with Gasteiger partial charge in [-0.1, -0.05) is 18.2 Å². The summed E-state index contributed by atoms with van der Waals surface area (Å²) in [7, 11) is 0. The quantitative estimate of drug-likeness (QED) is 0.739. The summed E-state index contributed by atoms with van der Waals surface area (Å²) in [5.74, 6) is -1.11. The maximum absolute atomic E-state index is 10.9. The van der Waals surface area contributed by atoms with Crippen LogP contribution in [0, 0.1) is 6.92 Å². The van der Waals surface area contributed by atoms with Crippen LogP contribution >= 0.6 is 0 Å². The minimum absolute atomic E-state index is 0.495. The lowest BCUT2D eigenvalue weighted by Crippen LogP contribution is -2.33. The van der Waals surface area contributed by atoms with Gasteiger partial charge in [-0.05, 0) is 13.0 Å². The van der Waals surface area contributed by atoms with E-state index in [0.717, 1.165) is 5.39 Å². The summed E-state index contributed by atoms with van der Waals surface area (Å²) >= 11 is 0. The van der Waals surface area contributed by atoms with Gasteiger partial charge in [-0.2, -0.15) is 10.2 Å². The molecule has 0 bridgehead atoms. The molecule has 0 radical (unpaired) electrons. The summed E-state index contributed by atoms with van der Waals surface area (Å²) in [6.07, 6.45) is 0. The first kappa shape index (κ1) is 12.3. The van der Waals surface area contributed by atoms with Gasteiger partial charge in [0.25, 0.3) is 0 Å². The first-order valence-corrected chi connectivity index (χ1v) is 5.45. The molecular weight excluding hydrogens is 234 g/mol. The number of aromatic nitrogens is 2. The van der Waals surface area contributed by atoms with Crippen LogP contribution in [0.25, 0.3) is 10.9 Å². The minimum Gasteiger partial charge on any atom is -0.480 e. The average Bonchev–Trinajstić information content (AvgIpc) is 2.37. The predicted molar refractivity (Wildman–Crippen MR) is 66.4 cm³/mol. The van der Waals surface area contributed by atoms with Gasteiger partial charge in [-0.25, -0.2) is 4.79 Å². The number of aryl methyl sites for hydroxylation is 1. The standard InChI is InChI=1S/C12H13N3O3/c1-7-11(13-10(6-16)12(17)18)8-4-2-3-5-9(8)15-14-7/h2-5,10,16H,6H2,1H3,(H,13,15)(H,17,18). The summed E-state index contributed by atoms with van der Waals surface area (Å²) in [4.78, 5) is 10.9. The Morgan fingerprint density at radius 2 is 2.11 bits per heavy atom. The van der Waals surface area contributed by atoms with Gasteiger partial charge in [-0.15, -0.1) is 0 Å². The molecule has 0 amide bonds. The Morgan fingerprint density at radius 1 is 1.39 bits per heavy atom. The largest absolute Gasteiger partial charge is 0.480 e. The fraction of sp³-hybridized carbons (Fsp3) is 0.250. The normalized spacial score (nSPS) is 12.3. The highest BCUT2D eigenvalue weighted by atomic mass is 16.4. The molecule has 1 aromatic heterocycles. The van der Waals surface area contributed by atoms with E-state index >= 15 is 0 Å². The smallest absolute Gasteiger partial charge is 0.328 e. The van der Waals surface area contributed by atoms with Crippen LogP contribution in [0.4, 0.5) is 5.69 Å². The Bertz CT molecular complexity index is 586. The molecule has 0 saturated heterocycles. The topological polar surface area (TPSA) is 95.3 Å². The second-order valence-corrected chi connectivity index (χ2v) is 3.90. The van der Waals surface area contributed by atoms with E-state index in [9.17, 15) is 4.79 Å². The van der Waals surface area contributed by atoms with E-state index < -0.39 is 18.6 Å². The number of anilines is 1. The van der Waals surface area contributed by atoms with E-state index in [0.29, 0.717) is 16.9 Å². The van der Waals surface area contributed by atoms with E-state index in [4.69, 9.17) is 10.2 Å². The van der Waals surface area contributed by atoms with Crippen LogP contribution in [0.1, 0.15) is 5.69 Å². The molecule has 0 spiro atoms. The van der Waals surface area contributed by atoms with Crippen LogP contribution < -0.4 is 5.32 Å². The van der Waals surface area contributed by atoms with Gasteiger partial charge in [0.15, 0.2) is 0 Å². The van der Waals surface area contributed by atoms with Crippen LogP contribution in [-0.4, -0.2) is 39.0 Å². The highest BCUT2D eigenvalue weighted by Crippen LogP contribution is 2.24. The van der Waals surface area contributed by atoms with Crippen molar-refractivity contribution in [1.82, 2.24) is 10.2 Å². The van der Waals surface area contributed by atoms with Crippen LogP contribution in [0.15, 0.2) is 24.3 Å². The maximum Gasteiger partial charge on any atom is 0.328 e. The Labute approximate surface area is 103 Å². The summed E-state index contributed by atoms with van der Waals surface area (Å²) in [6.45, 7) is 1.24. The third kappa shape index (κ3) is 2.23. The number of carboxylic acid groups (broad SMARTS) is 1. The number of carboxylic acids is 1. The van der Waals surface area contributed by atoms with Gasteiger partial charge in [0, 0.05) is 5.39 Å². The molecule has 0 saturated carbocycles. The molecule has 6 heteroatoms. The highest BCUT2D eigenvalue weighted by molar-refractivity contribution is 5.93. The molecule has 6 nitrogen and oxygen atoms in total. The number of aliphatic hydroxyl groups is 1. The number of fused-ring (bicyclic) bond motifs is 1. The van der Waals surface area contributed by atoms with E-state index in [1.54, 1.807) is 13.0 Å². The number of nitrogens with one attached hydrogen (secondary N) is 1. The van der Waals surface area contributed by atoms with Crippen molar-refractivity contribution in [3.63, 3.8) is 0 Å². The Balaban J connectivity index is 2.49. The number of nitrogens with zero attached hydrogens (tertiary/aromatic N) is 2. The molecule has 1 heterocycles. The SMILES string of the molecule is Cc1nnc2ccccc2c1NC(CO)C(=O)O. The fourth-order valence-electron chi connectivity index (χ4n) is 1.69. The number of benzene rings is 1. The maximum atomic E-state index is 10.9. The van der Waals surface area contributed by atoms with Crippen molar-refractivity contribution < 1.29 is 15.0 Å². The van der Waals surface area contributed by atoms with Crippen LogP contribution in [0.5, 0.6) is 0 Å². The van der Waals surface area contributed by atoms with Crippen LogP contribution in [0.3, 0.4) is 0 Å². The zero-order chi connectivity index (χ0) is 13.1. The van der Waals surface area contributed by atoms with E-state index in [1.165, 1.54) is 0 Å². The predicted octanol–water partition coefficient (Wildman–Crippen LogP) is 0.796. The number of hydrogen-bond acceptors (Lipinski definition) is 5. The zero-order valence-electron chi connectivity index (χ0n) is 9.79. The highest BCUT2D eigenvalue weighted by Gasteiger charge is 2.18. The number of rotatable bonds is 4. The van der Waals surface area contributed by atoms with Crippen molar-refractivity contribution in [2.24, 2.45) is 0 Å². The molecule has 18 heavy (non-hydrogen) atoms. The first-order valence-electron chi connectivity index (χ1n) is 5.45. The molecule has 0 aliphatic heterocycles. The van der Waals surface area contributed by atoms with Crippen LogP contribution in [-0.2, 0) is 4.79 Å². The molecule has 0 aliphatic carbocycles. The van der Waals surface area contributed by atoms with Gasteiger partial charge in [-0.3, -0.25) is 0 Å². The van der Waals surface area contributed by atoms with E-state index in [1.807, 2.05) is 18.2 Å². The number of carbonyl (C=O) groups is 1. The molecule has 2 rings (SSSR count).